The Labute approximate surface area is 212 Å². The second-order valence-electron chi connectivity index (χ2n) is 8.87. The van der Waals surface area contributed by atoms with Crippen LogP contribution in [-0.2, 0) is 9.53 Å². The highest BCUT2D eigenvalue weighted by Gasteiger charge is 2.27. The molecule has 180 valence electrons. The highest BCUT2D eigenvalue weighted by Crippen LogP contribution is 2.32. The molecule has 6 rings (SSSR count). The highest BCUT2D eigenvalue weighted by atomic mass is 32.1. The number of fused-ring (bicyclic) bond motifs is 7. The monoisotopic (exact) mass is 496 g/mol. The number of nitrogens with one attached hydrogen (secondary N) is 1. The number of anilines is 1. The second kappa shape index (κ2) is 9.23. The number of benzene rings is 2. The first-order valence-electron chi connectivity index (χ1n) is 12.1. The van der Waals surface area contributed by atoms with Crippen LogP contribution in [0.4, 0.5) is 5.69 Å². The number of pyridine rings is 2. The molecule has 1 N–H and O–H groups in total. The van der Waals surface area contributed by atoms with Gasteiger partial charge in [0, 0.05) is 41.9 Å². The number of hydrogen-bond donors (Lipinski definition) is 1. The van der Waals surface area contributed by atoms with E-state index in [4.69, 9.17) is 26.9 Å². The van der Waals surface area contributed by atoms with Crippen molar-refractivity contribution in [2.75, 3.05) is 25.0 Å². The number of piperidine rings is 1. The Hall–Kier alpha value is -3.98. The van der Waals surface area contributed by atoms with Crippen LogP contribution in [0.1, 0.15) is 19.8 Å². The first-order valence-corrected chi connectivity index (χ1v) is 12.5. The molecule has 0 unspecified atom stereocenters. The minimum Gasteiger partial charge on any atom is -0.466 e. The molecule has 0 amide bonds. The normalized spacial score (nSPS) is 14.5. The Kier molecular flexibility index (Phi) is 5.77. The first kappa shape index (κ1) is 22.5. The molecule has 0 spiro atoms. The second-order valence-corrected chi connectivity index (χ2v) is 9.25. The third-order valence-corrected chi connectivity index (χ3v) is 7.03. The smallest absolute Gasteiger partial charge is 0.309 e. The fraction of sp³-hybridized carbons (Fsp3) is 0.259. The van der Waals surface area contributed by atoms with Gasteiger partial charge in [0.2, 0.25) is 0 Å². The maximum atomic E-state index is 12.0. The molecule has 1 fully saturated rings. The van der Waals surface area contributed by atoms with Crippen LogP contribution in [0.2, 0.25) is 0 Å². The number of rotatable bonds is 3. The molecule has 0 saturated carbocycles. The summed E-state index contributed by atoms with van der Waals surface area (Å²) in [7, 11) is 0. The summed E-state index contributed by atoms with van der Waals surface area (Å²) in [4.78, 5) is 33.2. The van der Waals surface area contributed by atoms with Crippen molar-refractivity contribution in [2.24, 2.45) is 5.92 Å². The highest BCUT2D eigenvalue weighted by molar-refractivity contribution is 7.80. The Morgan fingerprint density at radius 1 is 0.972 bits per heavy atom. The lowest BCUT2D eigenvalue weighted by Crippen LogP contribution is -2.42. The Morgan fingerprint density at radius 2 is 1.61 bits per heavy atom. The number of thiocarbonyl (C=S) groups is 1. The van der Waals surface area contributed by atoms with Crippen molar-refractivity contribution < 1.29 is 9.53 Å². The number of nitrogens with zero attached hydrogens (tertiary/aromatic N) is 5. The Morgan fingerprint density at radius 3 is 2.25 bits per heavy atom. The van der Waals surface area contributed by atoms with Crippen molar-refractivity contribution in [1.29, 1.82) is 0 Å². The van der Waals surface area contributed by atoms with Gasteiger partial charge in [0.15, 0.2) is 5.11 Å². The predicted molar refractivity (Wildman–Crippen MR) is 145 cm³/mol. The maximum Gasteiger partial charge on any atom is 0.309 e. The van der Waals surface area contributed by atoms with E-state index in [0.29, 0.717) is 24.8 Å². The van der Waals surface area contributed by atoms with Gasteiger partial charge in [-0.2, -0.15) is 0 Å². The van der Waals surface area contributed by atoms with E-state index in [2.05, 4.69) is 20.2 Å². The van der Waals surface area contributed by atoms with E-state index >= 15 is 0 Å². The predicted octanol–water partition coefficient (Wildman–Crippen LogP) is 4.85. The van der Waals surface area contributed by atoms with Gasteiger partial charge >= 0.3 is 5.97 Å². The van der Waals surface area contributed by atoms with Crippen molar-refractivity contribution >= 4 is 72.9 Å². The van der Waals surface area contributed by atoms with Crippen LogP contribution in [-0.4, -0.2) is 55.6 Å². The third kappa shape index (κ3) is 3.95. The largest absolute Gasteiger partial charge is 0.466 e. The SMILES string of the molecule is CCOC(=O)C1CCN(C(=S)Nc2ccc3nc4c5ncccc5c5cccnc5c4nc3c2)CC1. The zero-order chi connectivity index (χ0) is 24.6. The average molecular weight is 497 g/mol. The molecule has 5 aromatic rings. The summed E-state index contributed by atoms with van der Waals surface area (Å²) in [5.74, 6) is -0.163. The molecule has 0 aliphatic carbocycles. The number of carbonyl (C=O) groups is 1. The average Bonchev–Trinajstić information content (AvgIpc) is 2.92. The number of carbonyl (C=O) groups excluding carboxylic acids is 1. The van der Waals surface area contributed by atoms with E-state index in [9.17, 15) is 4.79 Å². The molecule has 9 heteroatoms. The van der Waals surface area contributed by atoms with Crippen LogP contribution in [0, 0.1) is 5.92 Å². The standard InChI is InChI=1S/C27H24N6O2S/c1-2-35-26(34)16-9-13-33(14-10-16)27(36)30-17-7-8-20-21(15-17)32-25-23-19(6-4-12-29-23)18-5-3-11-28-22(18)24(25)31-20/h3-8,11-12,15-16H,2,9-10,13-14H2,1H3,(H,30,36). The number of esters is 1. The van der Waals surface area contributed by atoms with Crippen molar-refractivity contribution in [3.63, 3.8) is 0 Å². The van der Waals surface area contributed by atoms with Crippen molar-refractivity contribution in [2.45, 2.75) is 19.8 Å². The fourth-order valence-corrected chi connectivity index (χ4v) is 5.17. The quantitative estimate of drug-likeness (QED) is 0.163. The molecule has 8 nitrogen and oxygen atoms in total. The minimum atomic E-state index is -0.110. The molecule has 0 atom stereocenters. The molecule has 2 aromatic carbocycles. The number of likely N-dealkylation sites (tertiary alicyclic amines) is 1. The summed E-state index contributed by atoms with van der Waals surface area (Å²) in [5, 5.41) is 5.98. The van der Waals surface area contributed by atoms with Gasteiger partial charge in [0.25, 0.3) is 0 Å². The van der Waals surface area contributed by atoms with Gasteiger partial charge in [0.1, 0.15) is 11.0 Å². The van der Waals surface area contributed by atoms with Crippen LogP contribution >= 0.6 is 12.2 Å². The van der Waals surface area contributed by atoms with Gasteiger partial charge in [0.05, 0.1) is 34.6 Å². The van der Waals surface area contributed by atoms with Crippen molar-refractivity contribution in [3.8, 4) is 0 Å². The van der Waals surface area contributed by atoms with E-state index in [1.165, 1.54) is 0 Å². The Balaban J connectivity index is 1.31. The van der Waals surface area contributed by atoms with Crippen LogP contribution in [0.25, 0.3) is 43.9 Å². The summed E-state index contributed by atoms with van der Waals surface area (Å²) in [6.45, 7) is 3.68. The lowest BCUT2D eigenvalue weighted by Gasteiger charge is -2.32. The molecule has 1 aliphatic rings. The number of aromatic nitrogens is 4. The molecule has 36 heavy (non-hydrogen) atoms. The van der Waals surface area contributed by atoms with Gasteiger partial charge in [-0.15, -0.1) is 0 Å². The van der Waals surface area contributed by atoms with Gasteiger partial charge in [-0.25, -0.2) is 9.97 Å². The van der Waals surface area contributed by atoms with Crippen LogP contribution in [0.3, 0.4) is 0 Å². The number of ether oxygens (including phenoxy) is 1. The third-order valence-electron chi connectivity index (χ3n) is 6.67. The molecule has 4 heterocycles. The fourth-order valence-electron chi connectivity index (χ4n) is 4.87. The van der Waals surface area contributed by atoms with Gasteiger partial charge in [-0.3, -0.25) is 14.8 Å². The van der Waals surface area contributed by atoms with Crippen molar-refractivity contribution in [3.05, 3.63) is 54.9 Å². The van der Waals surface area contributed by atoms with Crippen LogP contribution < -0.4 is 5.32 Å². The van der Waals surface area contributed by atoms with E-state index in [1.807, 2.05) is 49.4 Å². The summed E-state index contributed by atoms with van der Waals surface area (Å²) in [5.41, 5.74) is 5.45. The van der Waals surface area contributed by atoms with Gasteiger partial charge < -0.3 is 15.0 Å². The maximum absolute atomic E-state index is 12.0. The summed E-state index contributed by atoms with van der Waals surface area (Å²) < 4.78 is 5.17. The molecule has 1 aliphatic heterocycles. The van der Waals surface area contributed by atoms with Crippen LogP contribution in [0.5, 0.6) is 0 Å². The summed E-state index contributed by atoms with van der Waals surface area (Å²) in [6, 6.07) is 13.8. The summed E-state index contributed by atoms with van der Waals surface area (Å²) >= 11 is 5.67. The van der Waals surface area contributed by atoms with E-state index in [0.717, 1.165) is 62.4 Å². The molecule has 3 aromatic heterocycles. The molecular weight excluding hydrogens is 472 g/mol. The van der Waals surface area contributed by atoms with E-state index in [1.54, 1.807) is 12.4 Å². The lowest BCUT2D eigenvalue weighted by atomic mass is 9.97. The minimum absolute atomic E-state index is 0.0535. The Bertz CT molecular complexity index is 1650. The molecule has 0 bridgehead atoms. The van der Waals surface area contributed by atoms with E-state index in [-0.39, 0.29) is 11.9 Å². The lowest BCUT2D eigenvalue weighted by molar-refractivity contribution is -0.149. The summed E-state index contributed by atoms with van der Waals surface area (Å²) in [6.07, 6.45) is 5.02. The number of hydrogen-bond acceptors (Lipinski definition) is 7. The molecular formula is C27H24N6O2S. The zero-order valence-electron chi connectivity index (χ0n) is 19.8. The van der Waals surface area contributed by atoms with Gasteiger partial charge in [-0.05, 0) is 62.3 Å². The van der Waals surface area contributed by atoms with E-state index < -0.39 is 0 Å². The van der Waals surface area contributed by atoms with Crippen LogP contribution in [0.15, 0.2) is 54.9 Å². The molecule has 0 radical (unpaired) electrons. The topological polar surface area (TPSA) is 93.1 Å². The molecule has 1 saturated heterocycles. The van der Waals surface area contributed by atoms with Crippen molar-refractivity contribution in [1.82, 2.24) is 24.8 Å². The first-order chi connectivity index (χ1) is 17.6. The van der Waals surface area contributed by atoms with Gasteiger partial charge in [-0.1, -0.05) is 12.1 Å². The zero-order valence-corrected chi connectivity index (χ0v) is 20.6.